The molecular formula is C13H17N5O. The zero-order valence-electron chi connectivity index (χ0n) is 11.1. The Morgan fingerprint density at radius 1 is 1.16 bits per heavy atom. The number of hydrogen-bond donors (Lipinski definition) is 2. The summed E-state index contributed by atoms with van der Waals surface area (Å²) < 4.78 is 4.95. The molecule has 0 spiro atoms. The van der Waals surface area contributed by atoms with Crippen molar-refractivity contribution in [3.05, 3.63) is 35.4 Å². The maximum absolute atomic E-state index is 5.58. The highest BCUT2D eigenvalue weighted by molar-refractivity contribution is 5.35. The van der Waals surface area contributed by atoms with Gasteiger partial charge in [-0.1, -0.05) is 31.2 Å². The SMILES string of the molecule is CCc1ccccc1CNc1nc(N)nc(OC)n1. The molecule has 2 rings (SSSR count). The number of nitrogens with zero attached hydrogens (tertiary/aromatic N) is 3. The molecule has 0 amide bonds. The van der Waals surface area contributed by atoms with Crippen molar-refractivity contribution in [1.82, 2.24) is 15.0 Å². The third-order valence-electron chi connectivity index (χ3n) is 2.75. The van der Waals surface area contributed by atoms with Gasteiger partial charge in [0.25, 0.3) is 0 Å². The molecule has 0 bridgehead atoms. The monoisotopic (exact) mass is 259 g/mol. The summed E-state index contributed by atoms with van der Waals surface area (Å²) in [7, 11) is 1.49. The molecule has 0 aliphatic carbocycles. The first-order valence-electron chi connectivity index (χ1n) is 6.09. The van der Waals surface area contributed by atoms with Gasteiger partial charge in [-0.15, -0.1) is 0 Å². The maximum atomic E-state index is 5.58. The summed E-state index contributed by atoms with van der Waals surface area (Å²) in [5.41, 5.74) is 8.08. The largest absolute Gasteiger partial charge is 0.467 e. The molecule has 3 N–H and O–H groups in total. The Morgan fingerprint density at radius 2 is 1.89 bits per heavy atom. The Kier molecular flexibility index (Phi) is 4.12. The number of nitrogens with one attached hydrogen (secondary N) is 1. The second-order valence-corrected chi connectivity index (χ2v) is 3.98. The Morgan fingerprint density at radius 3 is 2.58 bits per heavy atom. The number of nitrogens with two attached hydrogens (primary N) is 1. The smallest absolute Gasteiger partial charge is 0.322 e. The second kappa shape index (κ2) is 5.99. The van der Waals surface area contributed by atoms with Crippen LogP contribution >= 0.6 is 0 Å². The molecule has 1 aromatic heterocycles. The third kappa shape index (κ3) is 3.31. The lowest BCUT2D eigenvalue weighted by Crippen LogP contribution is -2.09. The molecule has 0 fully saturated rings. The summed E-state index contributed by atoms with van der Waals surface area (Å²) in [6.07, 6.45) is 0.987. The van der Waals surface area contributed by atoms with Crippen LogP contribution in [0.15, 0.2) is 24.3 Å². The van der Waals surface area contributed by atoms with E-state index in [9.17, 15) is 0 Å². The number of aryl methyl sites for hydroxylation is 1. The summed E-state index contributed by atoms with van der Waals surface area (Å²) in [6.45, 7) is 2.76. The molecule has 1 heterocycles. The van der Waals surface area contributed by atoms with E-state index >= 15 is 0 Å². The summed E-state index contributed by atoms with van der Waals surface area (Å²) in [5.74, 6) is 0.549. The fraction of sp³-hybridized carbons (Fsp3) is 0.308. The van der Waals surface area contributed by atoms with E-state index in [1.807, 2.05) is 12.1 Å². The lowest BCUT2D eigenvalue weighted by Gasteiger charge is -2.09. The van der Waals surface area contributed by atoms with E-state index in [0.29, 0.717) is 12.5 Å². The first-order valence-corrected chi connectivity index (χ1v) is 6.09. The van der Waals surface area contributed by atoms with Crippen LogP contribution in [0.5, 0.6) is 6.01 Å². The van der Waals surface area contributed by atoms with Gasteiger partial charge in [0.05, 0.1) is 7.11 Å². The summed E-state index contributed by atoms with van der Waals surface area (Å²) in [6, 6.07) is 8.44. The van der Waals surface area contributed by atoms with E-state index in [0.717, 1.165) is 6.42 Å². The van der Waals surface area contributed by atoms with Gasteiger partial charge in [-0.25, -0.2) is 0 Å². The minimum Gasteiger partial charge on any atom is -0.467 e. The van der Waals surface area contributed by atoms with Gasteiger partial charge in [0.1, 0.15) is 0 Å². The molecule has 100 valence electrons. The van der Waals surface area contributed by atoms with Gasteiger partial charge in [-0.3, -0.25) is 0 Å². The molecule has 0 saturated heterocycles. The first-order chi connectivity index (χ1) is 9.22. The lowest BCUT2D eigenvalue weighted by molar-refractivity contribution is 0.379. The lowest BCUT2D eigenvalue weighted by atomic mass is 10.1. The maximum Gasteiger partial charge on any atom is 0.322 e. The number of rotatable bonds is 5. The Balaban J connectivity index is 2.12. The third-order valence-corrected chi connectivity index (χ3v) is 2.75. The summed E-state index contributed by atoms with van der Waals surface area (Å²) >= 11 is 0. The highest BCUT2D eigenvalue weighted by atomic mass is 16.5. The van der Waals surface area contributed by atoms with Gasteiger partial charge in [0.2, 0.25) is 11.9 Å². The van der Waals surface area contributed by atoms with Crippen LogP contribution in [0, 0.1) is 0 Å². The van der Waals surface area contributed by atoms with Gasteiger partial charge >= 0.3 is 6.01 Å². The van der Waals surface area contributed by atoms with Gasteiger partial charge in [0.15, 0.2) is 0 Å². The minimum absolute atomic E-state index is 0.137. The molecule has 0 radical (unpaired) electrons. The molecule has 0 saturated carbocycles. The average Bonchev–Trinajstić information content (AvgIpc) is 2.44. The number of ether oxygens (including phenoxy) is 1. The topological polar surface area (TPSA) is 86.0 Å². The van der Waals surface area contributed by atoms with E-state index in [1.165, 1.54) is 18.2 Å². The standard InChI is InChI=1S/C13H17N5O/c1-3-9-6-4-5-7-10(9)8-15-12-16-11(14)17-13(18-12)19-2/h4-7H,3,8H2,1-2H3,(H3,14,15,16,17,18). The average molecular weight is 259 g/mol. The minimum atomic E-state index is 0.137. The second-order valence-electron chi connectivity index (χ2n) is 3.98. The number of methoxy groups -OCH3 is 1. The molecule has 6 nitrogen and oxygen atoms in total. The first kappa shape index (κ1) is 13.1. The van der Waals surface area contributed by atoms with Crippen LogP contribution in [0.2, 0.25) is 0 Å². The van der Waals surface area contributed by atoms with Crippen LogP contribution in [0.25, 0.3) is 0 Å². The van der Waals surface area contributed by atoms with Gasteiger partial charge in [0, 0.05) is 6.54 Å². The van der Waals surface area contributed by atoms with Crippen molar-refractivity contribution in [3.63, 3.8) is 0 Å². The molecule has 0 unspecified atom stereocenters. The van der Waals surface area contributed by atoms with Crippen molar-refractivity contribution in [2.45, 2.75) is 19.9 Å². The summed E-state index contributed by atoms with van der Waals surface area (Å²) in [4.78, 5) is 11.9. The Labute approximate surface area is 112 Å². The highest BCUT2D eigenvalue weighted by Crippen LogP contribution is 2.13. The Bertz CT molecular complexity index is 558. The zero-order valence-corrected chi connectivity index (χ0v) is 11.1. The van der Waals surface area contributed by atoms with Crippen molar-refractivity contribution in [2.24, 2.45) is 0 Å². The zero-order chi connectivity index (χ0) is 13.7. The fourth-order valence-corrected chi connectivity index (χ4v) is 1.79. The molecule has 1 aromatic carbocycles. The molecule has 0 aliphatic heterocycles. The van der Waals surface area contributed by atoms with E-state index < -0.39 is 0 Å². The fourth-order valence-electron chi connectivity index (χ4n) is 1.79. The van der Waals surface area contributed by atoms with E-state index in [2.05, 4.69) is 39.3 Å². The number of anilines is 2. The number of benzene rings is 1. The number of nitrogen functional groups attached to an aromatic ring is 1. The molecule has 0 aliphatic rings. The van der Waals surface area contributed by atoms with Crippen molar-refractivity contribution >= 4 is 11.9 Å². The molecule has 6 heteroatoms. The van der Waals surface area contributed by atoms with Crippen molar-refractivity contribution in [3.8, 4) is 6.01 Å². The van der Waals surface area contributed by atoms with Gasteiger partial charge in [-0.2, -0.15) is 15.0 Å². The van der Waals surface area contributed by atoms with Crippen LogP contribution in [0.1, 0.15) is 18.1 Å². The predicted octanol–water partition coefficient (Wildman–Crippen LogP) is 1.64. The molecule has 2 aromatic rings. The number of hydrogen-bond acceptors (Lipinski definition) is 6. The summed E-state index contributed by atoms with van der Waals surface area (Å²) in [5, 5.41) is 3.13. The van der Waals surface area contributed by atoms with Crippen LogP contribution in [-0.2, 0) is 13.0 Å². The Hall–Kier alpha value is -2.37. The predicted molar refractivity (Wildman–Crippen MR) is 73.9 cm³/mol. The van der Waals surface area contributed by atoms with E-state index in [1.54, 1.807) is 0 Å². The van der Waals surface area contributed by atoms with E-state index in [4.69, 9.17) is 10.5 Å². The van der Waals surface area contributed by atoms with Gasteiger partial charge in [-0.05, 0) is 17.5 Å². The van der Waals surface area contributed by atoms with Crippen LogP contribution in [-0.4, -0.2) is 22.1 Å². The van der Waals surface area contributed by atoms with E-state index in [-0.39, 0.29) is 12.0 Å². The van der Waals surface area contributed by atoms with Crippen LogP contribution < -0.4 is 15.8 Å². The van der Waals surface area contributed by atoms with Crippen molar-refractivity contribution in [2.75, 3.05) is 18.2 Å². The molecular weight excluding hydrogens is 242 g/mol. The molecule has 0 atom stereocenters. The van der Waals surface area contributed by atoms with Crippen LogP contribution in [0.4, 0.5) is 11.9 Å². The van der Waals surface area contributed by atoms with Crippen molar-refractivity contribution in [1.29, 1.82) is 0 Å². The normalized spacial score (nSPS) is 10.2. The quantitative estimate of drug-likeness (QED) is 0.849. The number of aromatic nitrogens is 3. The van der Waals surface area contributed by atoms with Gasteiger partial charge < -0.3 is 15.8 Å². The van der Waals surface area contributed by atoms with Crippen molar-refractivity contribution < 1.29 is 4.74 Å². The molecule has 19 heavy (non-hydrogen) atoms. The highest BCUT2D eigenvalue weighted by Gasteiger charge is 2.05. The van der Waals surface area contributed by atoms with Crippen LogP contribution in [0.3, 0.4) is 0 Å².